The Morgan fingerprint density at radius 1 is 1.11 bits per heavy atom. The first-order valence-electron chi connectivity index (χ1n) is 8.23. The normalized spacial score (nSPS) is 16.4. The summed E-state index contributed by atoms with van der Waals surface area (Å²) in [6.07, 6.45) is 0. The zero-order valence-electron chi connectivity index (χ0n) is 14.0. The van der Waals surface area contributed by atoms with Crippen LogP contribution in [0.4, 0.5) is 14.5 Å². The number of rotatable bonds is 2. The van der Waals surface area contributed by atoms with Crippen LogP contribution in [0.25, 0.3) is 0 Å². The van der Waals surface area contributed by atoms with E-state index in [-0.39, 0.29) is 12.1 Å². The predicted molar refractivity (Wildman–Crippen MR) is 98.6 cm³/mol. The van der Waals surface area contributed by atoms with Crippen molar-refractivity contribution in [1.29, 1.82) is 0 Å². The highest BCUT2D eigenvalue weighted by Gasteiger charge is 2.35. The van der Waals surface area contributed by atoms with Gasteiger partial charge in [0.15, 0.2) is 0 Å². The van der Waals surface area contributed by atoms with E-state index in [1.807, 2.05) is 11.4 Å². The van der Waals surface area contributed by atoms with Crippen LogP contribution < -0.4 is 5.32 Å². The van der Waals surface area contributed by atoms with Crippen LogP contribution in [0.15, 0.2) is 60.0 Å². The summed E-state index contributed by atoms with van der Waals surface area (Å²) in [6, 6.07) is 12.5. The molecule has 2 aromatic carbocycles. The maximum absolute atomic E-state index is 14.2. The van der Waals surface area contributed by atoms with Crippen LogP contribution >= 0.6 is 11.3 Å². The van der Waals surface area contributed by atoms with Crippen LogP contribution in [0.2, 0.25) is 0 Å². The Morgan fingerprint density at radius 3 is 2.67 bits per heavy atom. The second-order valence-corrected chi connectivity index (χ2v) is 7.09. The average molecular weight is 384 g/mol. The molecule has 7 heteroatoms. The van der Waals surface area contributed by atoms with Crippen LogP contribution in [-0.2, 0) is 4.79 Å². The molecule has 0 spiro atoms. The Bertz CT molecular complexity index is 1020. The molecule has 0 radical (unpaired) electrons. The second kappa shape index (κ2) is 6.92. The van der Waals surface area contributed by atoms with Crippen LogP contribution in [0, 0.1) is 11.6 Å². The first-order chi connectivity index (χ1) is 13.0. The van der Waals surface area contributed by atoms with Crippen LogP contribution in [-0.4, -0.2) is 23.3 Å². The first kappa shape index (κ1) is 17.4. The number of amides is 2. The number of carbonyl (C=O) groups excluding carboxylic acids is 2. The van der Waals surface area contributed by atoms with Gasteiger partial charge in [0.05, 0.1) is 11.6 Å². The van der Waals surface area contributed by atoms with Crippen LogP contribution in [0.5, 0.6) is 0 Å². The van der Waals surface area contributed by atoms with Gasteiger partial charge in [-0.15, -0.1) is 11.3 Å². The van der Waals surface area contributed by atoms with Gasteiger partial charge in [0.2, 0.25) is 5.91 Å². The van der Waals surface area contributed by atoms with E-state index in [2.05, 4.69) is 5.32 Å². The molecular formula is C20H14F2N2O2S. The lowest BCUT2D eigenvalue weighted by Gasteiger charge is -2.29. The molecule has 0 fully saturated rings. The predicted octanol–water partition coefficient (Wildman–Crippen LogP) is 4.21. The van der Waals surface area contributed by atoms with Crippen molar-refractivity contribution in [2.45, 2.75) is 6.04 Å². The smallest absolute Gasteiger partial charge is 0.258 e. The molecule has 136 valence electrons. The Labute approximate surface area is 158 Å². The van der Waals surface area contributed by atoms with Crippen molar-refractivity contribution in [3.63, 3.8) is 0 Å². The van der Waals surface area contributed by atoms with E-state index in [4.69, 9.17) is 0 Å². The minimum Gasteiger partial charge on any atom is -0.324 e. The summed E-state index contributed by atoms with van der Waals surface area (Å²) < 4.78 is 28.2. The lowest BCUT2D eigenvalue weighted by molar-refractivity contribution is -0.117. The molecule has 1 atom stereocenters. The number of nitrogens with one attached hydrogen (secondary N) is 1. The fourth-order valence-electron chi connectivity index (χ4n) is 3.21. The first-order valence-corrected chi connectivity index (χ1v) is 9.11. The Kier molecular flexibility index (Phi) is 4.45. The van der Waals surface area contributed by atoms with Crippen molar-refractivity contribution in [3.05, 3.63) is 87.6 Å². The van der Waals surface area contributed by atoms with Crippen molar-refractivity contribution >= 4 is 28.8 Å². The monoisotopic (exact) mass is 384 g/mol. The van der Waals surface area contributed by atoms with Gasteiger partial charge in [-0.25, -0.2) is 8.78 Å². The van der Waals surface area contributed by atoms with E-state index in [1.165, 1.54) is 52.6 Å². The molecule has 0 aliphatic carbocycles. The molecule has 27 heavy (non-hydrogen) atoms. The van der Waals surface area contributed by atoms with E-state index < -0.39 is 29.5 Å². The van der Waals surface area contributed by atoms with Crippen molar-refractivity contribution in [2.24, 2.45) is 0 Å². The number of hydrogen-bond donors (Lipinski definition) is 1. The SMILES string of the molecule is O=C1CN(C(=O)c2ccccc2F)C(c2cccs2)c2cc(F)ccc2N1. The van der Waals surface area contributed by atoms with Gasteiger partial charge in [-0.05, 0) is 41.8 Å². The Morgan fingerprint density at radius 2 is 1.93 bits per heavy atom. The van der Waals surface area contributed by atoms with E-state index in [0.717, 1.165) is 4.88 Å². The minimum atomic E-state index is -0.707. The molecule has 4 rings (SSSR count). The highest BCUT2D eigenvalue weighted by Crippen LogP contribution is 2.38. The summed E-state index contributed by atoms with van der Waals surface area (Å²) in [7, 11) is 0. The molecule has 1 aromatic heterocycles. The summed E-state index contributed by atoms with van der Waals surface area (Å²) in [5.41, 5.74) is 0.753. The standard InChI is InChI=1S/C20H14F2N2O2S/c21-12-7-8-16-14(10-12)19(17-6-3-9-27-17)24(11-18(25)23-16)20(26)13-4-1-2-5-15(13)22/h1-10,19H,11H2,(H,23,25). The Hall–Kier alpha value is -3.06. The van der Waals surface area contributed by atoms with Crippen molar-refractivity contribution in [3.8, 4) is 0 Å². The molecule has 3 aromatic rings. The molecule has 1 aliphatic rings. The number of nitrogens with zero attached hydrogens (tertiary/aromatic N) is 1. The summed E-state index contributed by atoms with van der Waals surface area (Å²) >= 11 is 1.38. The molecule has 0 saturated carbocycles. The van der Waals surface area contributed by atoms with Gasteiger partial charge in [-0.2, -0.15) is 0 Å². The number of thiophene rings is 1. The molecule has 2 amide bonds. The van der Waals surface area contributed by atoms with Gasteiger partial charge in [-0.1, -0.05) is 18.2 Å². The van der Waals surface area contributed by atoms with Crippen molar-refractivity contribution in [2.75, 3.05) is 11.9 Å². The average Bonchev–Trinajstić information content (AvgIpc) is 3.13. The van der Waals surface area contributed by atoms with Gasteiger partial charge in [0.1, 0.15) is 18.2 Å². The highest BCUT2D eigenvalue weighted by molar-refractivity contribution is 7.10. The molecule has 1 aliphatic heterocycles. The number of anilines is 1. The van der Waals surface area contributed by atoms with Gasteiger partial charge in [0.25, 0.3) is 5.91 Å². The third-order valence-corrected chi connectivity index (χ3v) is 5.31. The maximum atomic E-state index is 14.2. The van der Waals surface area contributed by atoms with E-state index in [0.29, 0.717) is 11.3 Å². The summed E-state index contributed by atoms with van der Waals surface area (Å²) in [6.45, 7) is -0.272. The Balaban J connectivity index is 1.89. The molecule has 1 unspecified atom stereocenters. The molecule has 0 bridgehead atoms. The molecular weight excluding hydrogens is 370 g/mol. The number of benzene rings is 2. The van der Waals surface area contributed by atoms with Crippen LogP contribution in [0.1, 0.15) is 26.8 Å². The van der Waals surface area contributed by atoms with E-state index in [9.17, 15) is 18.4 Å². The van der Waals surface area contributed by atoms with Crippen molar-refractivity contribution < 1.29 is 18.4 Å². The molecule has 1 N–H and O–H groups in total. The fourth-order valence-corrected chi connectivity index (χ4v) is 4.06. The zero-order valence-corrected chi connectivity index (χ0v) is 14.8. The third-order valence-electron chi connectivity index (χ3n) is 4.39. The van der Waals surface area contributed by atoms with Gasteiger partial charge < -0.3 is 10.2 Å². The number of fused-ring (bicyclic) bond motifs is 1. The van der Waals surface area contributed by atoms with Crippen LogP contribution in [0.3, 0.4) is 0 Å². The van der Waals surface area contributed by atoms with Gasteiger partial charge in [0, 0.05) is 16.1 Å². The summed E-state index contributed by atoms with van der Waals surface area (Å²) in [4.78, 5) is 27.6. The lowest BCUT2D eigenvalue weighted by atomic mass is 10.0. The maximum Gasteiger partial charge on any atom is 0.258 e. The fraction of sp³-hybridized carbons (Fsp3) is 0.100. The number of halogens is 2. The molecule has 2 heterocycles. The van der Waals surface area contributed by atoms with Crippen molar-refractivity contribution in [1.82, 2.24) is 4.90 Å². The van der Waals surface area contributed by atoms with E-state index >= 15 is 0 Å². The number of hydrogen-bond acceptors (Lipinski definition) is 3. The minimum absolute atomic E-state index is 0.133. The molecule has 4 nitrogen and oxygen atoms in total. The molecule has 0 saturated heterocycles. The largest absolute Gasteiger partial charge is 0.324 e. The highest BCUT2D eigenvalue weighted by atomic mass is 32.1. The third kappa shape index (κ3) is 3.21. The topological polar surface area (TPSA) is 49.4 Å². The lowest BCUT2D eigenvalue weighted by Crippen LogP contribution is -2.39. The number of carbonyl (C=O) groups is 2. The zero-order chi connectivity index (χ0) is 19.0. The second-order valence-electron chi connectivity index (χ2n) is 6.11. The summed E-state index contributed by atoms with van der Waals surface area (Å²) in [5, 5.41) is 4.54. The van der Waals surface area contributed by atoms with Gasteiger partial charge >= 0.3 is 0 Å². The van der Waals surface area contributed by atoms with Gasteiger partial charge in [-0.3, -0.25) is 9.59 Å². The quantitative estimate of drug-likeness (QED) is 0.720. The van der Waals surface area contributed by atoms with E-state index in [1.54, 1.807) is 12.1 Å². The summed E-state index contributed by atoms with van der Waals surface area (Å²) in [5.74, 6) is -2.20.